The van der Waals surface area contributed by atoms with Gasteiger partial charge in [0.25, 0.3) is 5.91 Å². The SMILES string of the molecule is O=C(COc1ccccc1[N+](=O)[O-])N/N=C\c1cc(Br)cc(Br)c1O. The van der Waals surface area contributed by atoms with E-state index in [1.165, 1.54) is 24.4 Å². The van der Waals surface area contributed by atoms with Crippen molar-refractivity contribution in [1.29, 1.82) is 0 Å². The monoisotopic (exact) mass is 471 g/mol. The predicted octanol–water partition coefficient (Wildman–Crippen LogP) is 3.35. The van der Waals surface area contributed by atoms with Gasteiger partial charge >= 0.3 is 5.69 Å². The number of phenols is 1. The lowest BCUT2D eigenvalue weighted by atomic mass is 10.2. The number of carbonyl (C=O) groups is 1. The molecule has 0 aromatic heterocycles. The van der Waals surface area contributed by atoms with Crippen molar-refractivity contribution < 1.29 is 19.6 Å². The number of halogens is 2. The van der Waals surface area contributed by atoms with Crippen LogP contribution in [0.15, 0.2) is 50.4 Å². The molecule has 2 aromatic rings. The number of para-hydroxylation sites is 2. The average molecular weight is 473 g/mol. The maximum atomic E-state index is 11.7. The Morgan fingerprint density at radius 1 is 1.36 bits per heavy atom. The second kappa shape index (κ2) is 8.58. The van der Waals surface area contributed by atoms with Gasteiger partial charge in [0.1, 0.15) is 5.75 Å². The topological polar surface area (TPSA) is 114 Å². The predicted molar refractivity (Wildman–Crippen MR) is 97.8 cm³/mol. The number of benzene rings is 2. The van der Waals surface area contributed by atoms with Crippen LogP contribution >= 0.6 is 31.9 Å². The maximum absolute atomic E-state index is 11.7. The van der Waals surface area contributed by atoms with Gasteiger partial charge in [-0.25, -0.2) is 5.43 Å². The van der Waals surface area contributed by atoms with Crippen molar-refractivity contribution in [3.8, 4) is 11.5 Å². The Morgan fingerprint density at radius 3 is 2.80 bits per heavy atom. The number of hydrogen-bond donors (Lipinski definition) is 2. The van der Waals surface area contributed by atoms with E-state index in [9.17, 15) is 20.0 Å². The number of carbonyl (C=O) groups excluding carboxylic acids is 1. The summed E-state index contributed by atoms with van der Waals surface area (Å²) in [6.07, 6.45) is 1.26. The first-order valence-electron chi connectivity index (χ1n) is 6.74. The Morgan fingerprint density at radius 2 is 2.08 bits per heavy atom. The van der Waals surface area contributed by atoms with Crippen LogP contribution in [0.25, 0.3) is 0 Å². The number of nitro benzene ring substituents is 1. The summed E-state index contributed by atoms with van der Waals surface area (Å²) >= 11 is 6.45. The Hall–Kier alpha value is -2.46. The first-order chi connectivity index (χ1) is 11.9. The van der Waals surface area contributed by atoms with E-state index in [2.05, 4.69) is 42.4 Å². The van der Waals surface area contributed by atoms with Crippen molar-refractivity contribution in [3.63, 3.8) is 0 Å². The molecule has 0 bridgehead atoms. The second-order valence-electron chi connectivity index (χ2n) is 4.63. The minimum Gasteiger partial charge on any atom is -0.506 e. The highest BCUT2D eigenvalue weighted by atomic mass is 79.9. The zero-order valence-electron chi connectivity index (χ0n) is 12.5. The fourth-order valence-corrected chi connectivity index (χ4v) is 3.02. The molecule has 0 aliphatic rings. The molecule has 8 nitrogen and oxygen atoms in total. The van der Waals surface area contributed by atoms with Crippen molar-refractivity contribution in [2.45, 2.75) is 0 Å². The molecule has 2 rings (SSSR count). The Kier molecular flexibility index (Phi) is 6.48. The smallest absolute Gasteiger partial charge is 0.310 e. The third-order valence-corrected chi connectivity index (χ3v) is 3.93. The second-order valence-corrected chi connectivity index (χ2v) is 6.40. The zero-order valence-corrected chi connectivity index (χ0v) is 15.7. The number of rotatable bonds is 6. The summed E-state index contributed by atoms with van der Waals surface area (Å²) in [7, 11) is 0. The van der Waals surface area contributed by atoms with E-state index in [1.54, 1.807) is 18.2 Å². The molecule has 0 spiro atoms. The average Bonchev–Trinajstić information content (AvgIpc) is 2.57. The van der Waals surface area contributed by atoms with Crippen LogP contribution in [-0.4, -0.2) is 28.8 Å². The van der Waals surface area contributed by atoms with Crippen LogP contribution in [0.4, 0.5) is 5.69 Å². The molecular weight excluding hydrogens is 462 g/mol. The van der Waals surface area contributed by atoms with E-state index in [-0.39, 0.29) is 17.2 Å². The number of nitrogens with one attached hydrogen (secondary N) is 1. The van der Waals surface area contributed by atoms with Crippen molar-refractivity contribution in [1.82, 2.24) is 5.43 Å². The lowest BCUT2D eigenvalue weighted by molar-refractivity contribution is -0.385. The van der Waals surface area contributed by atoms with Crippen LogP contribution < -0.4 is 10.2 Å². The summed E-state index contributed by atoms with van der Waals surface area (Å²) in [6.45, 7) is -0.448. The highest BCUT2D eigenvalue weighted by Crippen LogP contribution is 2.30. The number of aromatic hydroxyl groups is 1. The first-order valence-corrected chi connectivity index (χ1v) is 8.33. The van der Waals surface area contributed by atoms with Crippen LogP contribution in [0.3, 0.4) is 0 Å². The van der Waals surface area contributed by atoms with E-state index in [0.717, 1.165) is 0 Å². The van der Waals surface area contributed by atoms with Gasteiger partial charge in [0.15, 0.2) is 12.4 Å². The van der Waals surface area contributed by atoms with Crippen molar-refractivity contribution in [3.05, 3.63) is 61.0 Å². The lowest BCUT2D eigenvalue weighted by Crippen LogP contribution is -2.24. The molecule has 0 fully saturated rings. The molecule has 10 heteroatoms. The van der Waals surface area contributed by atoms with Crippen molar-refractivity contribution in [2.75, 3.05) is 6.61 Å². The highest BCUT2D eigenvalue weighted by Gasteiger charge is 2.14. The largest absolute Gasteiger partial charge is 0.506 e. The van der Waals surface area contributed by atoms with Gasteiger partial charge in [0.05, 0.1) is 15.6 Å². The number of hydrogen-bond acceptors (Lipinski definition) is 6. The third-order valence-electron chi connectivity index (χ3n) is 2.87. The molecule has 0 unspecified atom stereocenters. The van der Waals surface area contributed by atoms with Crippen molar-refractivity contribution >= 4 is 49.7 Å². The number of hydrazone groups is 1. The number of amides is 1. The first kappa shape index (κ1) is 18.9. The van der Waals surface area contributed by atoms with Gasteiger partial charge in [-0.05, 0) is 34.1 Å². The van der Waals surface area contributed by atoms with Gasteiger partial charge in [-0.1, -0.05) is 28.1 Å². The van der Waals surface area contributed by atoms with Gasteiger partial charge in [-0.3, -0.25) is 14.9 Å². The Balaban J connectivity index is 1.95. The van der Waals surface area contributed by atoms with Gasteiger partial charge < -0.3 is 9.84 Å². The molecule has 0 heterocycles. The molecule has 1 amide bonds. The molecule has 0 saturated heterocycles. The van der Waals surface area contributed by atoms with E-state index in [1.807, 2.05) is 0 Å². The molecule has 0 atom stereocenters. The highest BCUT2D eigenvalue weighted by molar-refractivity contribution is 9.11. The van der Waals surface area contributed by atoms with Gasteiger partial charge in [0, 0.05) is 16.1 Å². The molecular formula is C15H11Br2N3O5. The van der Waals surface area contributed by atoms with Crippen LogP contribution in [0.1, 0.15) is 5.56 Å². The molecule has 130 valence electrons. The number of phenolic OH excluding ortho intramolecular Hbond substituents is 1. The molecule has 0 saturated carbocycles. The van der Waals surface area contributed by atoms with Crippen LogP contribution in [0.2, 0.25) is 0 Å². The third kappa shape index (κ3) is 5.26. The summed E-state index contributed by atoms with van der Waals surface area (Å²) in [5, 5.41) is 24.4. The summed E-state index contributed by atoms with van der Waals surface area (Å²) in [5.41, 5.74) is 2.35. The molecule has 25 heavy (non-hydrogen) atoms. The number of nitrogens with zero attached hydrogens (tertiary/aromatic N) is 2. The zero-order chi connectivity index (χ0) is 18.4. The summed E-state index contributed by atoms with van der Waals surface area (Å²) in [5.74, 6) is -0.652. The summed E-state index contributed by atoms with van der Waals surface area (Å²) in [6, 6.07) is 9.00. The lowest BCUT2D eigenvalue weighted by Gasteiger charge is -2.05. The fourth-order valence-electron chi connectivity index (χ4n) is 1.76. The molecule has 2 N–H and O–H groups in total. The normalized spacial score (nSPS) is 10.6. The van der Waals surface area contributed by atoms with Crippen LogP contribution in [0, 0.1) is 10.1 Å². The van der Waals surface area contributed by atoms with Crippen molar-refractivity contribution in [2.24, 2.45) is 5.10 Å². The Labute approximate surface area is 158 Å². The quantitative estimate of drug-likeness (QED) is 0.380. The standard InChI is InChI=1S/C15H11Br2N3O5/c16-10-5-9(15(22)11(17)6-10)7-18-19-14(21)8-25-13-4-2-1-3-12(13)20(23)24/h1-7,22H,8H2,(H,19,21)/b18-7-. The molecule has 0 radical (unpaired) electrons. The van der Waals surface area contributed by atoms with E-state index >= 15 is 0 Å². The Bertz CT molecular complexity index is 842. The van der Waals surface area contributed by atoms with Gasteiger partial charge in [-0.2, -0.15) is 5.10 Å². The number of ether oxygens (including phenoxy) is 1. The summed E-state index contributed by atoms with van der Waals surface area (Å²) < 4.78 is 6.31. The number of nitro groups is 1. The maximum Gasteiger partial charge on any atom is 0.310 e. The van der Waals surface area contributed by atoms with Gasteiger partial charge in [0.2, 0.25) is 0 Å². The molecule has 0 aliphatic heterocycles. The minimum atomic E-state index is -0.608. The minimum absolute atomic E-state index is 0.0137. The van der Waals surface area contributed by atoms with Gasteiger partial charge in [-0.15, -0.1) is 0 Å². The van der Waals surface area contributed by atoms with E-state index < -0.39 is 17.4 Å². The van der Waals surface area contributed by atoms with Crippen LogP contribution in [0.5, 0.6) is 11.5 Å². The molecule has 2 aromatic carbocycles. The fraction of sp³-hybridized carbons (Fsp3) is 0.0667. The van der Waals surface area contributed by atoms with E-state index in [0.29, 0.717) is 14.5 Å². The van der Waals surface area contributed by atoms with E-state index in [4.69, 9.17) is 4.74 Å². The van der Waals surface area contributed by atoms with Crippen LogP contribution in [-0.2, 0) is 4.79 Å². The molecule has 0 aliphatic carbocycles. The summed E-state index contributed by atoms with van der Waals surface area (Å²) in [4.78, 5) is 22.0.